The highest BCUT2D eigenvalue weighted by Crippen LogP contribution is 2.29. The molecule has 0 aliphatic heterocycles. The van der Waals surface area contributed by atoms with E-state index in [2.05, 4.69) is 56.4 Å². The van der Waals surface area contributed by atoms with Gasteiger partial charge in [-0.05, 0) is 49.1 Å². The summed E-state index contributed by atoms with van der Waals surface area (Å²) in [5.41, 5.74) is 0.441. The zero-order chi connectivity index (χ0) is 13.3. The lowest BCUT2D eigenvalue weighted by molar-refractivity contribution is 0.284. The number of thioether (sulfide) groups is 1. The molecule has 1 nitrogen and oxygen atoms in total. The van der Waals surface area contributed by atoms with Crippen LogP contribution in [0.25, 0.3) is 0 Å². The minimum Gasteiger partial charge on any atom is -0.316 e. The second kappa shape index (κ2) is 8.60. The Bertz CT molecular complexity index is 312. The van der Waals surface area contributed by atoms with Gasteiger partial charge in [0.05, 0.1) is 0 Å². The van der Waals surface area contributed by atoms with Gasteiger partial charge in [0.1, 0.15) is 0 Å². The fraction of sp³-hybridized carbons (Fsp3) is 0.625. The van der Waals surface area contributed by atoms with Gasteiger partial charge in [-0.2, -0.15) is 0 Å². The number of nitrogens with one attached hydrogen (secondary N) is 1. The van der Waals surface area contributed by atoms with Crippen LogP contribution in [0.1, 0.15) is 40.0 Å². The van der Waals surface area contributed by atoms with Gasteiger partial charge in [-0.1, -0.05) is 39.0 Å². The van der Waals surface area contributed by atoms with Crippen LogP contribution in [0.15, 0.2) is 35.2 Å². The Morgan fingerprint density at radius 2 is 1.89 bits per heavy atom. The molecule has 0 fully saturated rings. The molecule has 0 saturated carbocycles. The summed E-state index contributed by atoms with van der Waals surface area (Å²) in [6, 6.07) is 10.7. The summed E-state index contributed by atoms with van der Waals surface area (Å²) in [5.74, 6) is 1.21. The molecular weight excluding hydrogens is 238 g/mol. The minimum absolute atomic E-state index is 0.441. The molecule has 0 aliphatic carbocycles. The van der Waals surface area contributed by atoms with Gasteiger partial charge >= 0.3 is 0 Å². The second-order valence-corrected chi connectivity index (χ2v) is 6.42. The lowest BCUT2D eigenvalue weighted by Crippen LogP contribution is -2.32. The fourth-order valence-corrected chi connectivity index (χ4v) is 3.07. The van der Waals surface area contributed by atoms with Crippen molar-refractivity contribution in [3.05, 3.63) is 30.3 Å². The van der Waals surface area contributed by atoms with Crippen molar-refractivity contribution in [2.45, 2.75) is 44.9 Å². The lowest BCUT2D eigenvalue weighted by Gasteiger charge is -2.28. The van der Waals surface area contributed by atoms with Crippen LogP contribution < -0.4 is 5.32 Å². The van der Waals surface area contributed by atoms with Crippen molar-refractivity contribution in [1.29, 1.82) is 0 Å². The topological polar surface area (TPSA) is 12.0 Å². The van der Waals surface area contributed by atoms with Crippen LogP contribution in [0, 0.1) is 5.41 Å². The average Bonchev–Trinajstić information content (AvgIpc) is 2.40. The molecule has 0 radical (unpaired) electrons. The molecule has 1 N–H and O–H groups in total. The molecule has 102 valence electrons. The highest BCUT2D eigenvalue weighted by molar-refractivity contribution is 7.99. The molecule has 1 aromatic carbocycles. The van der Waals surface area contributed by atoms with Crippen LogP contribution in [0.2, 0.25) is 0 Å². The molecule has 0 amide bonds. The Labute approximate surface area is 117 Å². The van der Waals surface area contributed by atoms with E-state index in [-0.39, 0.29) is 0 Å². The second-order valence-electron chi connectivity index (χ2n) is 5.25. The van der Waals surface area contributed by atoms with Crippen LogP contribution in [0.5, 0.6) is 0 Å². The SMILES string of the molecule is CCCNCC(C)(CC)CCSc1ccccc1. The first-order valence-corrected chi connectivity index (χ1v) is 8.07. The van der Waals surface area contributed by atoms with Gasteiger partial charge in [-0.3, -0.25) is 0 Å². The Balaban J connectivity index is 2.30. The van der Waals surface area contributed by atoms with Crippen LogP contribution in [0.4, 0.5) is 0 Å². The van der Waals surface area contributed by atoms with Crippen molar-refractivity contribution >= 4 is 11.8 Å². The molecule has 0 aliphatic rings. The van der Waals surface area contributed by atoms with Crippen LogP contribution in [-0.2, 0) is 0 Å². The summed E-state index contributed by atoms with van der Waals surface area (Å²) < 4.78 is 0. The molecular formula is C16H27NS. The van der Waals surface area contributed by atoms with Gasteiger partial charge in [-0.15, -0.1) is 11.8 Å². The standard InChI is InChI=1S/C16H27NS/c1-4-12-17-14-16(3,5-2)11-13-18-15-9-7-6-8-10-15/h6-10,17H,4-5,11-14H2,1-3H3. The van der Waals surface area contributed by atoms with Crippen LogP contribution in [0.3, 0.4) is 0 Å². The summed E-state index contributed by atoms with van der Waals surface area (Å²) in [6.45, 7) is 9.22. The van der Waals surface area contributed by atoms with E-state index in [1.165, 1.54) is 29.9 Å². The van der Waals surface area contributed by atoms with Gasteiger partial charge in [0, 0.05) is 11.4 Å². The highest BCUT2D eigenvalue weighted by Gasteiger charge is 2.20. The van der Waals surface area contributed by atoms with Gasteiger partial charge in [0.25, 0.3) is 0 Å². The number of benzene rings is 1. The Hall–Kier alpha value is -0.470. The summed E-state index contributed by atoms with van der Waals surface area (Å²) in [5, 5.41) is 3.57. The van der Waals surface area contributed by atoms with E-state index in [0.29, 0.717) is 5.41 Å². The molecule has 1 rings (SSSR count). The number of rotatable bonds is 9. The smallest absolute Gasteiger partial charge is 0.00719 e. The largest absolute Gasteiger partial charge is 0.316 e. The molecule has 0 saturated heterocycles. The number of hydrogen-bond acceptors (Lipinski definition) is 2. The molecule has 1 aromatic rings. The van der Waals surface area contributed by atoms with Gasteiger partial charge in [-0.25, -0.2) is 0 Å². The van der Waals surface area contributed by atoms with E-state index in [4.69, 9.17) is 0 Å². The summed E-state index contributed by atoms with van der Waals surface area (Å²) in [7, 11) is 0. The van der Waals surface area contributed by atoms with Crippen molar-refractivity contribution < 1.29 is 0 Å². The first-order chi connectivity index (χ1) is 8.70. The monoisotopic (exact) mass is 265 g/mol. The third-order valence-electron chi connectivity index (χ3n) is 3.55. The van der Waals surface area contributed by atoms with Gasteiger partial charge in [0.15, 0.2) is 0 Å². The predicted molar refractivity (Wildman–Crippen MR) is 83.3 cm³/mol. The van der Waals surface area contributed by atoms with Crippen molar-refractivity contribution in [1.82, 2.24) is 5.32 Å². The molecule has 1 unspecified atom stereocenters. The molecule has 18 heavy (non-hydrogen) atoms. The summed E-state index contributed by atoms with van der Waals surface area (Å²) in [4.78, 5) is 1.39. The van der Waals surface area contributed by atoms with E-state index in [9.17, 15) is 0 Å². The zero-order valence-electron chi connectivity index (χ0n) is 12.0. The maximum atomic E-state index is 3.57. The lowest BCUT2D eigenvalue weighted by atomic mass is 9.84. The molecule has 1 atom stereocenters. The van der Waals surface area contributed by atoms with Gasteiger partial charge < -0.3 is 5.32 Å². The Kier molecular flexibility index (Phi) is 7.45. The normalized spacial score (nSPS) is 14.4. The van der Waals surface area contributed by atoms with Crippen molar-refractivity contribution in [3.8, 4) is 0 Å². The van der Waals surface area contributed by atoms with Crippen LogP contribution in [-0.4, -0.2) is 18.8 Å². The molecule has 0 heterocycles. The number of hydrogen-bond donors (Lipinski definition) is 1. The Morgan fingerprint density at radius 3 is 2.50 bits per heavy atom. The third-order valence-corrected chi connectivity index (χ3v) is 4.56. The Morgan fingerprint density at radius 1 is 1.17 bits per heavy atom. The van der Waals surface area contributed by atoms with E-state index in [0.717, 1.165) is 13.1 Å². The summed E-state index contributed by atoms with van der Waals surface area (Å²) in [6.07, 6.45) is 3.75. The maximum Gasteiger partial charge on any atom is 0.00719 e. The highest BCUT2D eigenvalue weighted by atomic mass is 32.2. The third kappa shape index (κ3) is 5.92. The molecule has 0 spiro atoms. The van der Waals surface area contributed by atoms with E-state index in [1.807, 2.05) is 11.8 Å². The zero-order valence-corrected chi connectivity index (χ0v) is 12.9. The summed E-state index contributed by atoms with van der Waals surface area (Å²) >= 11 is 1.97. The molecule has 0 bridgehead atoms. The van der Waals surface area contributed by atoms with Crippen LogP contribution >= 0.6 is 11.8 Å². The minimum atomic E-state index is 0.441. The predicted octanol–water partition coefficient (Wildman–Crippen LogP) is 4.58. The van der Waals surface area contributed by atoms with Gasteiger partial charge in [0.2, 0.25) is 0 Å². The maximum absolute atomic E-state index is 3.57. The molecule has 2 heteroatoms. The van der Waals surface area contributed by atoms with E-state index in [1.54, 1.807) is 0 Å². The quantitative estimate of drug-likeness (QED) is 0.518. The van der Waals surface area contributed by atoms with Crippen molar-refractivity contribution in [3.63, 3.8) is 0 Å². The average molecular weight is 265 g/mol. The van der Waals surface area contributed by atoms with E-state index >= 15 is 0 Å². The molecule has 0 aromatic heterocycles. The van der Waals surface area contributed by atoms with Crippen molar-refractivity contribution in [2.24, 2.45) is 5.41 Å². The fourth-order valence-electron chi connectivity index (χ4n) is 1.89. The van der Waals surface area contributed by atoms with Crippen molar-refractivity contribution in [2.75, 3.05) is 18.8 Å². The first kappa shape index (κ1) is 15.6. The first-order valence-electron chi connectivity index (χ1n) is 7.09. The van der Waals surface area contributed by atoms with E-state index < -0.39 is 0 Å².